The molecule has 1 heterocycles. The van der Waals surface area contributed by atoms with Crippen molar-refractivity contribution in [3.05, 3.63) is 65.0 Å². The number of carbonyl (C=O) groups excluding carboxylic acids is 2. The van der Waals surface area contributed by atoms with E-state index in [0.29, 0.717) is 22.4 Å². The third kappa shape index (κ3) is 4.60. The van der Waals surface area contributed by atoms with Gasteiger partial charge in [-0.1, -0.05) is 12.1 Å². The molecule has 2 aromatic carbocycles. The first kappa shape index (κ1) is 21.3. The van der Waals surface area contributed by atoms with Crippen molar-refractivity contribution in [2.45, 2.75) is 45.9 Å². The predicted molar refractivity (Wildman–Crippen MR) is 110 cm³/mol. The Morgan fingerprint density at radius 3 is 2.60 bits per heavy atom. The van der Waals surface area contributed by atoms with Gasteiger partial charge in [0.1, 0.15) is 11.4 Å². The van der Waals surface area contributed by atoms with Crippen molar-refractivity contribution < 1.29 is 18.7 Å². The fourth-order valence-electron chi connectivity index (χ4n) is 3.36. The first-order chi connectivity index (χ1) is 14.1. The van der Waals surface area contributed by atoms with Gasteiger partial charge in [-0.15, -0.1) is 0 Å². The lowest BCUT2D eigenvalue weighted by Gasteiger charge is -2.31. The van der Waals surface area contributed by atoms with Crippen molar-refractivity contribution in [3.63, 3.8) is 0 Å². The van der Waals surface area contributed by atoms with E-state index in [2.05, 4.69) is 0 Å². The second-order valence-electron chi connectivity index (χ2n) is 8.34. The maximum Gasteiger partial charge on any atom is 0.410 e. The van der Waals surface area contributed by atoms with Crippen LogP contribution in [0.25, 0.3) is 0 Å². The standard InChI is InChI=1S/C23H24FN3O3/c1-15-13-27(21(28)17-7-5-6-16(10-17)12-25)20-11-19(24)9-8-18(20)14-26(15)22(29)30-23(2,3)4/h5-11,15H,13-14H2,1-4H3. The summed E-state index contributed by atoms with van der Waals surface area (Å²) in [7, 11) is 0. The van der Waals surface area contributed by atoms with Crippen LogP contribution >= 0.6 is 0 Å². The number of hydrogen-bond donors (Lipinski definition) is 0. The summed E-state index contributed by atoms with van der Waals surface area (Å²) in [5.74, 6) is -0.840. The number of ether oxygens (including phenoxy) is 1. The molecule has 0 saturated heterocycles. The summed E-state index contributed by atoms with van der Waals surface area (Å²) in [6.45, 7) is 7.52. The summed E-state index contributed by atoms with van der Waals surface area (Å²) < 4.78 is 19.6. The van der Waals surface area contributed by atoms with Gasteiger partial charge in [0.05, 0.1) is 29.9 Å². The van der Waals surface area contributed by atoms with Gasteiger partial charge in [-0.05, 0) is 63.6 Å². The maximum atomic E-state index is 14.1. The summed E-state index contributed by atoms with van der Waals surface area (Å²) in [6, 6.07) is 12.2. The molecule has 0 aliphatic carbocycles. The van der Waals surface area contributed by atoms with E-state index in [0.717, 1.165) is 0 Å². The van der Waals surface area contributed by atoms with Crippen molar-refractivity contribution in [3.8, 4) is 6.07 Å². The van der Waals surface area contributed by atoms with Crippen LogP contribution in [0, 0.1) is 17.1 Å². The van der Waals surface area contributed by atoms with Crippen molar-refractivity contribution >= 4 is 17.7 Å². The molecule has 1 atom stereocenters. The van der Waals surface area contributed by atoms with Crippen LogP contribution in [-0.4, -0.2) is 35.1 Å². The molecule has 156 valence electrons. The molecule has 1 unspecified atom stereocenters. The second-order valence-corrected chi connectivity index (χ2v) is 8.34. The molecule has 2 amide bonds. The molecule has 0 saturated carbocycles. The van der Waals surface area contributed by atoms with Gasteiger partial charge in [-0.25, -0.2) is 9.18 Å². The van der Waals surface area contributed by atoms with Crippen LogP contribution in [-0.2, 0) is 11.3 Å². The van der Waals surface area contributed by atoms with Gasteiger partial charge in [0.15, 0.2) is 0 Å². The average Bonchev–Trinajstić information content (AvgIpc) is 2.82. The van der Waals surface area contributed by atoms with Crippen LogP contribution < -0.4 is 4.90 Å². The summed E-state index contributed by atoms with van der Waals surface area (Å²) in [6.07, 6.45) is -0.494. The molecule has 3 rings (SSSR count). The van der Waals surface area contributed by atoms with Crippen LogP contribution in [0.2, 0.25) is 0 Å². The third-order valence-corrected chi connectivity index (χ3v) is 4.77. The zero-order valence-electron chi connectivity index (χ0n) is 17.5. The van der Waals surface area contributed by atoms with Gasteiger partial charge < -0.3 is 9.64 Å². The van der Waals surface area contributed by atoms with Gasteiger partial charge in [-0.2, -0.15) is 5.26 Å². The lowest BCUT2D eigenvalue weighted by Crippen LogP contribution is -2.46. The van der Waals surface area contributed by atoms with Crippen molar-refractivity contribution in [1.29, 1.82) is 5.26 Å². The normalized spacial score (nSPS) is 16.3. The molecule has 6 nitrogen and oxygen atoms in total. The Kier molecular flexibility index (Phi) is 5.79. The Labute approximate surface area is 175 Å². The zero-order valence-corrected chi connectivity index (χ0v) is 17.5. The number of carbonyl (C=O) groups is 2. The topological polar surface area (TPSA) is 73.6 Å². The monoisotopic (exact) mass is 409 g/mol. The SMILES string of the molecule is CC1CN(C(=O)c2cccc(C#N)c2)c2cc(F)ccc2CN1C(=O)OC(C)(C)C. The first-order valence-corrected chi connectivity index (χ1v) is 9.69. The molecule has 1 aliphatic rings. The molecule has 0 fully saturated rings. The molecule has 0 N–H and O–H groups in total. The van der Waals surface area contributed by atoms with Gasteiger partial charge >= 0.3 is 6.09 Å². The number of amides is 2. The second kappa shape index (κ2) is 8.15. The highest BCUT2D eigenvalue weighted by molar-refractivity contribution is 6.07. The number of anilines is 1. The summed E-state index contributed by atoms with van der Waals surface area (Å²) >= 11 is 0. The lowest BCUT2D eigenvalue weighted by molar-refractivity contribution is 0.0167. The zero-order chi connectivity index (χ0) is 22.1. The number of benzene rings is 2. The number of nitriles is 1. The quantitative estimate of drug-likeness (QED) is 0.696. The number of halogens is 1. The highest BCUT2D eigenvalue weighted by atomic mass is 19.1. The largest absolute Gasteiger partial charge is 0.444 e. The number of hydrogen-bond acceptors (Lipinski definition) is 4. The summed E-state index contributed by atoms with van der Waals surface area (Å²) in [4.78, 5) is 29.1. The van der Waals surface area contributed by atoms with Crippen LogP contribution in [0.5, 0.6) is 0 Å². The van der Waals surface area contributed by atoms with E-state index in [1.165, 1.54) is 23.1 Å². The van der Waals surface area contributed by atoms with Gasteiger partial charge in [0.2, 0.25) is 0 Å². The number of nitrogens with zero attached hydrogens (tertiary/aromatic N) is 3. The van der Waals surface area contributed by atoms with Crippen molar-refractivity contribution in [2.24, 2.45) is 0 Å². The van der Waals surface area contributed by atoms with Gasteiger partial charge in [-0.3, -0.25) is 9.69 Å². The third-order valence-electron chi connectivity index (χ3n) is 4.77. The Hall–Kier alpha value is -3.40. The van der Waals surface area contributed by atoms with E-state index in [9.17, 15) is 14.0 Å². The van der Waals surface area contributed by atoms with Gasteiger partial charge in [0.25, 0.3) is 5.91 Å². The van der Waals surface area contributed by atoms with Crippen LogP contribution in [0.4, 0.5) is 14.9 Å². The highest BCUT2D eigenvalue weighted by Crippen LogP contribution is 2.30. The summed E-state index contributed by atoms with van der Waals surface area (Å²) in [5, 5.41) is 9.14. The Morgan fingerprint density at radius 1 is 1.20 bits per heavy atom. The van der Waals surface area contributed by atoms with E-state index in [4.69, 9.17) is 10.00 Å². The molecule has 30 heavy (non-hydrogen) atoms. The highest BCUT2D eigenvalue weighted by Gasteiger charge is 2.34. The molecule has 7 heteroatoms. The minimum Gasteiger partial charge on any atom is -0.444 e. The first-order valence-electron chi connectivity index (χ1n) is 9.69. The van der Waals surface area contributed by atoms with E-state index in [-0.39, 0.29) is 25.0 Å². The minimum absolute atomic E-state index is 0.158. The van der Waals surface area contributed by atoms with E-state index in [1.54, 1.807) is 49.9 Å². The van der Waals surface area contributed by atoms with E-state index >= 15 is 0 Å². The number of fused-ring (bicyclic) bond motifs is 1. The van der Waals surface area contributed by atoms with E-state index in [1.807, 2.05) is 13.0 Å². The van der Waals surface area contributed by atoms with Crippen molar-refractivity contribution in [2.75, 3.05) is 11.4 Å². The molecular formula is C23H24FN3O3. The Morgan fingerprint density at radius 2 is 1.93 bits per heavy atom. The molecule has 0 aromatic heterocycles. The fraction of sp³-hybridized carbons (Fsp3) is 0.348. The Bertz CT molecular complexity index is 1020. The fourth-order valence-corrected chi connectivity index (χ4v) is 3.36. The molecule has 0 bridgehead atoms. The lowest BCUT2D eigenvalue weighted by atomic mass is 10.1. The molecule has 0 spiro atoms. The van der Waals surface area contributed by atoms with Crippen LogP contribution in [0.1, 0.15) is 49.2 Å². The molecule has 1 aliphatic heterocycles. The van der Waals surface area contributed by atoms with Crippen LogP contribution in [0.15, 0.2) is 42.5 Å². The molecular weight excluding hydrogens is 385 g/mol. The Balaban J connectivity index is 2.01. The smallest absolute Gasteiger partial charge is 0.410 e. The van der Waals surface area contributed by atoms with E-state index < -0.39 is 17.5 Å². The molecule has 0 radical (unpaired) electrons. The number of rotatable bonds is 1. The summed E-state index contributed by atoms with van der Waals surface area (Å²) in [5.41, 5.74) is 1.06. The average molecular weight is 409 g/mol. The molecule has 2 aromatic rings. The minimum atomic E-state index is -0.665. The van der Waals surface area contributed by atoms with Crippen molar-refractivity contribution in [1.82, 2.24) is 4.90 Å². The predicted octanol–water partition coefficient (Wildman–Crippen LogP) is 4.48. The van der Waals surface area contributed by atoms with Gasteiger partial charge in [0, 0.05) is 12.1 Å². The van der Waals surface area contributed by atoms with Crippen LogP contribution in [0.3, 0.4) is 0 Å². The maximum absolute atomic E-state index is 14.1.